The molecule has 3 heterocycles. The lowest BCUT2D eigenvalue weighted by molar-refractivity contribution is 0.260. The largest absolute Gasteiger partial charge is 0.368 e. The monoisotopic (exact) mass is 425 g/mol. The zero-order valence-corrected chi connectivity index (χ0v) is 17.1. The first-order valence-electron chi connectivity index (χ1n) is 10.3. The lowest BCUT2D eigenvalue weighted by Crippen LogP contribution is -2.47. The third kappa shape index (κ3) is 3.72. The van der Waals surface area contributed by atoms with E-state index in [1.54, 1.807) is 25.3 Å². The van der Waals surface area contributed by atoms with Gasteiger partial charge in [0.1, 0.15) is 11.6 Å². The normalized spacial score (nSPS) is 15.3. The van der Waals surface area contributed by atoms with Gasteiger partial charge in [0.25, 0.3) is 0 Å². The highest BCUT2D eigenvalue weighted by molar-refractivity contribution is 5.91. The molecule has 1 fully saturated rings. The number of rotatable bonds is 4. The summed E-state index contributed by atoms with van der Waals surface area (Å²) in [4.78, 5) is 16.5. The van der Waals surface area contributed by atoms with Gasteiger partial charge in [0.2, 0.25) is 0 Å². The summed E-state index contributed by atoms with van der Waals surface area (Å²) in [5, 5.41) is 0.827. The van der Waals surface area contributed by atoms with Crippen molar-refractivity contribution in [3.8, 4) is 0 Å². The van der Waals surface area contributed by atoms with Crippen LogP contribution >= 0.6 is 0 Å². The predicted molar refractivity (Wildman–Crippen MR) is 115 cm³/mol. The summed E-state index contributed by atoms with van der Waals surface area (Å²) in [6, 6.07) is 7.75. The molecule has 0 spiro atoms. The molecule has 0 bridgehead atoms. The summed E-state index contributed by atoms with van der Waals surface area (Å²) < 4.78 is 41.2. The number of aryl methyl sites for hydroxylation is 1. The number of imidazole rings is 1. The number of nitrogens with one attached hydrogen (secondary N) is 1. The minimum atomic E-state index is -0.873. The van der Waals surface area contributed by atoms with Gasteiger partial charge in [0, 0.05) is 68.0 Å². The van der Waals surface area contributed by atoms with Crippen LogP contribution in [0, 0.1) is 24.4 Å². The van der Waals surface area contributed by atoms with Crippen LogP contribution < -0.4 is 4.90 Å². The topological polar surface area (TPSA) is 48.1 Å². The molecule has 0 atom stereocenters. The van der Waals surface area contributed by atoms with Crippen molar-refractivity contribution in [1.29, 1.82) is 0 Å². The standard InChI is InChI=1S/C23H22F3N5/c1-14-22(26)17(25)13-19-23(14)29-21(28-19)5-7-30-8-10-31(11-9-30)20-4-6-27-18-3-2-15(24)12-16(18)20/h2-4,6,12-13H,5,7-11H2,1H3,(H,28,29). The molecule has 4 aromatic rings. The summed E-state index contributed by atoms with van der Waals surface area (Å²) in [5.41, 5.74) is 3.04. The van der Waals surface area contributed by atoms with E-state index < -0.39 is 11.6 Å². The van der Waals surface area contributed by atoms with Gasteiger partial charge < -0.3 is 9.88 Å². The van der Waals surface area contributed by atoms with Crippen LogP contribution in [0.3, 0.4) is 0 Å². The molecule has 160 valence electrons. The average molecular weight is 425 g/mol. The van der Waals surface area contributed by atoms with Crippen molar-refractivity contribution >= 4 is 27.6 Å². The van der Waals surface area contributed by atoms with Gasteiger partial charge in [-0.15, -0.1) is 0 Å². The number of benzene rings is 2. The van der Waals surface area contributed by atoms with Gasteiger partial charge in [-0.25, -0.2) is 18.2 Å². The number of pyridine rings is 1. The minimum absolute atomic E-state index is 0.253. The number of halogens is 3. The molecule has 1 aliphatic rings. The average Bonchev–Trinajstić information content (AvgIpc) is 3.19. The Labute approximate surface area is 177 Å². The fourth-order valence-electron chi connectivity index (χ4n) is 4.27. The molecule has 0 amide bonds. The third-order valence-electron chi connectivity index (χ3n) is 6.02. The summed E-state index contributed by atoms with van der Waals surface area (Å²) in [6.07, 6.45) is 2.43. The van der Waals surface area contributed by atoms with E-state index in [4.69, 9.17) is 0 Å². The molecule has 2 aromatic carbocycles. The van der Waals surface area contributed by atoms with Crippen LogP contribution in [0.15, 0.2) is 36.5 Å². The molecule has 5 nitrogen and oxygen atoms in total. The van der Waals surface area contributed by atoms with E-state index in [-0.39, 0.29) is 11.4 Å². The number of aromatic nitrogens is 3. The summed E-state index contributed by atoms with van der Waals surface area (Å²) in [6.45, 7) is 5.72. The maximum atomic E-state index is 13.8. The molecule has 0 radical (unpaired) electrons. The second kappa shape index (κ2) is 7.85. The molecular formula is C23H22F3N5. The van der Waals surface area contributed by atoms with Gasteiger partial charge in [-0.05, 0) is 31.2 Å². The first-order chi connectivity index (χ1) is 15.0. The number of aromatic amines is 1. The Morgan fingerprint density at radius 1 is 1.00 bits per heavy atom. The SMILES string of the molecule is Cc1c(F)c(F)cc2nc(CCN3CCN(c4ccnc5ccc(F)cc45)CC3)[nH]c12. The molecule has 1 saturated heterocycles. The predicted octanol–water partition coefficient (Wildman–Crippen LogP) is 4.20. The fraction of sp³-hybridized carbons (Fsp3) is 0.304. The molecule has 2 aromatic heterocycles. The third-order valence-corrected chi connectivity index (χ3v) is 6.02. The fourth-order valence-corrected chi connectivity index (χ4v) is 4.27. The second-order valence-corrected chi connectivity index (χ2v) is 7.95. The second-order valence-electron chi connectivity index (χ2n) is 7.95. The van der Waals surface area contributed by atoms with Crippen LogP contribution in [-0.2, 0) is 6.42 Å². The van der Waals surface area contributed by atoms with E-state index in [2.05, 4.69) is 24.8 Å². The van der Waals surface area contributed by atoms with Crippen LogP contribution in [0.25, 0.3) is 21.9 Å². The highest BCUT2D eigenvalue weighted by Crippen LogP contribution is 2.27. The Balaban J connectivity index is 1.24. The number of fused-ring (bicyclic) bond motifs is 2. The highest BCUT2D eigenvalue weighted by atomic mass is 19.2. The maximum absolute atomic E-state index is 13.8. The van der Waals surface area contributed by atoms with E-state index >= 15 is 0 Å². The molecule has 0 saturated carbocycles. The molecule has 0 unspecified atom stereocenters. The Hall–Kier alpha value is -3.13. The van der Waals surface area contributed by atoms with E-state index in [0.29, 0.717) is 17.5 Å². The van der Waals surface area contributed by atoms with Crippen molar-refractivity contribution in [2.45, 2.75) is 13.3 Å². The Morgan fingerprint density at radius 3 is 2.61 bits per heavy atom. The van der Waals surface area contributed by atoms with Gasteiger partial charge in [-0.3, -0.25) is 9.88 Å². The van der Waals surface area contributed by atoms with Crippen molar-refractivity contribution in [2.24, 2.45) is 0 Å². The zero-order chi connectivity index (χ0) is 21.5. The maximum Gasteiger partial charge on any atom is 0.163 e. The van der Waals surface area contributed by atoms with Crippen molar-refractivity contribution in [3.05, 3.63) is 65.4 Å². The molecular weight excluding hydrogens is 403 g/mol. The van der Waals surface area contributed by atoms with E-state index in [1.807, 2.05) is 6.07 Å². The van der Waals surface area contributed by atoms with E-state index in [9.17, 15) is 13.2 Å². The van der Waals surface area contributed by atoms with Crippen molar-refractivity contribution in [3.63, 3.8) is 0 Å². The molecule has 1 N–H and O–H groups in total. The lowest BCUT2D eigenvalue weighted by Gasteiger charge is -2.36. The van der Waals surface area contributed by atoms with Crippen LogP contribution in [0.1, 0.15) is 11.4 Å². The quantitative estimate of drug-likeness (QED) is 0.532. The van der Waals surface area contributed by atoms with Crippen LogP contribution in [0.5, 0.6) is 0 Å². The van der Waals surface area contributed by atoms with Gasteiger partial charge >= 0.3 is 0 Å². The van der Waals surface area contributed by atoms with Crippen LogP contribution in [0.2, 0.25) is 0 Å². The number of hydrogen-bond donors (Lipinski definition) is 1. The van der Waals surface area contributed by atoms with Gasteiger partial charge in [0.15, 0.2) is 11.6 Å². The smallest absolute Gasteiger partial charge is 0.163 e. The Bertz CT molecular complexity index is 1260. The number of piperazine rings is 1. The minimum Gasteiger partial charge on any atom is -0.368 e. The molecule has 1 aliphatic heterocycles. The van der Waals surface area contributed by atoms with Gasteiger partial charge in [-0.2, -0.15) is 0 Å². The first-order valence-corrected chi connectivity index (χ1v) is 10.3. The van der Waals surface area contributed by atoms with Crippen molar-refractivity contribution in [2.75, 3.05) is 37.6 Å². The van der Waals surface area contributed by atoms with Gasteiger partial charge in [0.05, 0.1) is 16.6 Å². The van der Waals surface area contributed by atoms with E-state index in [0.717, 1.165) is 61.2 Å². The zero-order valence-electron chi connectivity index (χ0n) is 17.1. The Morgan fingerprint density at radius 2 is 1.81 bits per heavy atom. The first kappa shape index (κ1) is 19.8. The summed E-state index contributed by atoms with van der Waals surface area (Å²) in [7, 11) is 0. The van der Waals surface area contributed by atoms with Crippen molar-refractivity contribution in [1.82, 2.24) is 19.9 Å². The number of anilines is 1. The van der Waals surface area contributed by atoms with Gasteiger partial charge in [-0.1, -0.05) is 0 Å². The van der Waals surface area contributed by atoms with Crippen molar-refractivity contribution < 1.29 is 13.2 Å². The molecule has 31 heavy (non-hydrogen) atoms. The number of hydrogen-bond acceptors (Lipinski definition) is 4. The highest BCUT2D eigenvalue weighted by Gasteiger charge is 2.20. The number of nitrogens with zero attached hydrogens (tertiary/aromatic N) is 4. The Kier molecular flexibility index (Phi) is 5.02. The molecule has 5 rings (SSSR count). The summed E-state index contributed by atoms with van der Waals surface area (Å²) in [5.74, 6) is -1.24. The van der Waals surface area contributed by atoms with E-state index in [1.165, 1.54) is 6.07 Å². The van der Waals surface area contributed by atoms with Crippen LogP contribution in [-0.4, -0.2) is 52.6 Å². The molecule has 8 heteroatoms. The molecule has 0 aliphatic carbocycles. The number of H-pyrrole nitrogens is 1. The van der Waals surface area contributed by atoms with Crippen LogP contribution in [0.4, 0.5) is 18.9 Å². The lowest BCUT2D eigenvalue weighted by atomic mass is 10.1. The summed E-state index contributed by atoms with van der Waals surface area (Å²) >= 11 is 0.